The molecule has 0 aliphatic carbocycles. The Morgan fingerprint density at radius 3 is 2.96 bits per heavy atom. The largest absolute Gasteiger partial charge is 0.454 e. The van der Waals surface area contributed by atoms with E-state index in [9.17, 15) is 4.79 Å². The van der Waals surface area contributed by atoms with E-state index in [4.69, 9.17) is 9.47 Å². The van der Waals surface area contributed by atoms with Gasteiger partial charge < -0.3 is 14.8 Å². The zero-order valence-electron chi connectivity index (χ0n) is 13.4. The third kappa shape index (κ3) is 2.55. The van der Waals surface area contributed by atoms with Crippen molar-refractivity contribution in [3.63, 3.8) is 0 Å². The van der Waals surface area contributed by atoms with Gasteiger partial charge in [0, 0.05) is 13.6 Å². The van der Waals surface area contributed by atoms with Gasteiger partial charge in [0.05, 0.1) is 11.9 Å². The van der Waals surface area contributed by atoms with Crippen LogP contribution in [0.2, 0.25) is 0 Å². The molecule has 24 heavy (non-hydrogen) atoms. The lowest BCUT2D eigenvalue weighted by atomic mass is 10.2. The van der Waals surface area contributed by atoms with Crippen LogP contribution in [-0.2, 0) is 24.9 Å². The summed E-state index contributed by atoms with van der Waals surface area (Å²) in [6, 6.07) is 5.63. The average Bonchev–Trinajstić information content (AvgIpc) is 3.23. The number of carbonyl (C=O) groups excluding carboxylic acids is 1. The molecular weight excluding hydrogens is 310 g/mol. The van der Waals surface area contributed by atoms with Gasteiger partial charge in [-0.3, -0.25) is 14.2 Å². The highest BCUT2D eigenvalue weighted by molar-refractivity contribution is 5.79. The Hall–Kier alpha value is -3.03. The molecule has 1 N–H and O–H groups in total. The highest BCUT2D eigenvalue weighted by Gasteiger charge is 2.14. The zero-order chi connectivity index (χ0) is 16.7. The van der Waals surface area contributed by atoms with E-state index in [-0.39, 0.29) is 19.2 Å². The van der Waals surface area contributed by atoms with Crippen molar-refractivity contribution in [1.29, 1.82) is 0 Å². The summed E-state index contributed by atoms with van der Waals surface area (Å²) in [4.78, 5) is 12.1. The highest BCUT2D eigenvalue weighted by atomic mass is 16.7. The lowest BCUT2D eigenvalue weighted by Gasteiger charge is -2.06. The van der Waals surface area contributed by atoms with Crippen molar-refractivity contribution >= 4 is 16.9 Å². The number of fused-ring (bicyclic) bond motifs is 2. The quantitative estimate of drug-likeness (QED) is 0.776. The second-order valence-corrected chi connectivity index (χ2v) is 5.73. The van der Waals surface area contributed by atoms with E-state index < -0.39 is 0 Å². The minimum absolute atomic E-state index is 0.105. The fourth-order valence-corrected chi connectivity index (χ4v) is 2.77. The summed E-state index contributed by atoms with van der Waals surface area (Å²) in [6.45, 7) is 2.74. The van der Waals surface area contributed by atoms with Gasteiger partial charge in [-0.2, -0.15) is 10.2 Å². The van der Waals surface area contributed by atoms with Crippen molar-refractivity contribution in [3.05, 3.63) is 35.7 Å². The summed E-state index contributed by atoms with van der Waals surface area (Å²) in [5.74, 6) is 1.34. The maximum atomic E-state index is 12.1. The molecule has 1 amide bonds. The van der Waals surface area contributed by atoms with Crippen LogP contribution >= 0.6 is 0 Å². The minimum atomic E-state index is -0.105. The molecule has 3 aromatic rings. The number of nitrogens with zero attached hydrogens (tertiary/aromatic N) is 4. The van der Waals surface area contributed by atoms with Gasteiger partial charge in [-0.05, 0) is 24.6 Å². The molecule has 0 fully saturated rings. The third-order valence-electron chi connectivity index (χ3n) is 3.97. The maximum absolute atomic E-state index is 12.1. The second kappa shape index (κ2) is 5.55. The van der Waals surface area contributed by atoms with E-state index in [0.29, 0.717) is 12.3 Å². The van der Waals surface area contributed by atoms with Crippen LogP contribution in [0, 0.1) is 6.92 Å². The number of hydrogen-bond acceptors (Lipinski definition) is 5. The summed E-state index contributed by atoms with van der Waals surface area (Å²) >= 11 is 0. The number of benzene rings is 1. The summed E-state index contributed by atoms with van der Waals surface area (Å²) in [5, 5.41) is 11.6. The van der Waals surface area contributed by atoms with E-state index in [2.05, 4.69) is 15.5 Å². The van der Waals surface area contributed by atoms with Gasteiger partial charge in [0.15, 0.2) is 11.5 Å². The van der Waals surface area contributed by atoms with Crippen LogP contribution in [0.3, 0.4) is 0 Å². The fourth-order valence-electron chi connectivity index (χ4n) is 2.77. The summed E-state index contributed by atoms with van der Waals surface area (Å²) in [7, 11) is 1.86. The van der Waals surface area contributed by atoms with Crippen molar-refractivity contribution in [3.8, 4) is 11.5 Å². The molecule has 1 aromatic carbocycles. The maximum Gasteiger partial charge on any atom is 0.241 e. The van der Waals surface area contributed by atoms with Crippen molar-refractivity contribution < 1.29 is 14.3 Å². The molecule has 0 saturated heterocycles. The van der Waals surface area contributed by atoms with Gasteiger partial charge in [-0.25, -0.2) is 0 Å². The molecule has 2 aromatic heterocycles. The van der Waals surface area contributed by atoms with E-state index in [1.165, 1.54) is 0 Å². The van der Waals surface area contributed by atoms with Crippen LogP contribution in [0.4, 0.5) is 0 Å². The smallest absolute Gasteiger partial charge is 0.241 e. The SMILES string of the molecule is Cc1nn(C)c2cn(CC(=O)NCc3ccc4c(c3)OCO4)nc12. The fraction of sp³-hybridized carbons (Fsp3) is 0.312. The summed E-state index contributed by atoms with van der Waals surface area (Å²) in [6.07, 6.45) is 1.83. The van der Waals surface area contributed by atoms with Crippen LogP contribution in [0.15, 0.2) is 24.4 Å². The molecule has 0 radical (unpaired) electrons. The minimum Gasteiger partial charge on any atom is -0.454 e. The van der Waals surface area contributed by atoms with Gasteiger partial charge in [-0.15, -0.1) is 0 Å². The van der Waals surface area contributed by atoms with Crippen LogP contribution in [0.25, 0.3) is 11.0 Å². The molecule has 3 heterocycles. The number of aryl methyl sites for hydroxylation is 2. The molecule has 0 spiro atoms. The first-order valence-electron chi connectivity index (χ1n) is 7.62. The topological polar surface area (TPSA) is 83.2 Å². The lowest BCUT2D eigenvalue weighted by molar-refractivity contribution is -0.122. The molecule has 1 aliphatic heterocycles. The normalized spacial score (nSPS) is 12.8. The average molecular weight is 327 g/mol. The molecule has 8 nitrogen and oxygen atoms in total. The molecule has 0 saturated carbocycles. The number of nitrogens with one attached hydrogen (secondary N) is 1. The predicted octanol–water partition coefficient (Wildman–Crippen LogP) is 1.12. The molecule has 0 unspecified atom stereocenters. The zero-order valence-corrected chi connectivity index (χ0v) is 13.4. The summed E-state index contributed by atoms with van der Waals surface area (Å²) in [5.41, 5.74) is 3.54. The number of ether oxygens (including phenoxy) is 2. The van der Waals surface area contributed by atoms with Gasteiger partial charge in [0.25, 0.3) is 0 Å². The number of aromatic nitrogens is 4. The van der Waals surface area contributed by atoms with E-state index in [1.54, 1.807) is 9.36 Å². The van der Waals surface area contributed by atoms with Crippen LogP contribution in [0.1, 0.15) is 11.3 Å². The third-order valence-corrected chi connectivity index (χ3v) is 3.97. The molecule has 124 valence electrons. The standard InChI is InChI=1S/C16H17N5O3/c1-10-16-12(20(2)18-10)7-21(19-16)8-15(22)17-6-11-3-4-13-14(5-11)24-9-23-13/h3-5,7H,6,8-9H2,1-2H3,(H,17,22). The predicted molar refractivity (Wildman–Crippen MR) is 85.6 cm³/mol. The van der Waals surface area contributed by atoms with Crippen molar-refractivity contribution in [2.45, 2.75) is 20.0 Å². The molecule has 1 aliphatic rings. The molecule has 8 heteroatoms. The Morgan fingerprint density at radius 1 is 1.29 bits per heavy atom. The van der Waals surface area contributed by atoms with Crippen LogP contribution in [0.5, 0.6) is 11.5 Å². The first-order valence-corrected chi connectivity index (χ1v) is 7.62. The van der Waals surface area contributed by atoms with Crippen molar-refractivity contribution in [2.75, 3.05) is 6.79 Å². The van der Waals surface area contributed by atoms with Gasteiger partial charge in [0.1, 0.15) is 17.6 Å². The van der Waals surface area contributed by atoms with Crippen LogP contribution in [-0.4, -0.2) is 32.3 Å². The molecule has 4 rings (SSSR count). The second-order valence-electron chi connectivity index (χ2n) is 5.73. The highest BCUT2D eigenvalue weighted by Crippen LogP contribution is 2.32. The van der Waals surface area contributed by atoms with Crippen molar-refractivity contribution in [2.24, 2.45) is 7.05 Å². The monoisotopic (exact) mass is 327 g/mol. The molecular formula is C16H17N5O3. The Labute approximate surface area is 138 Å². The first kappa shape index (κ1) is 14.6. The number of amides is 1. The van der Waals surface area contributed by atoms with E-state index in [1.807, 2.05) is 38.4 Å². The summed E-state index contributed by atoms with van der Waals surface area (Å²) < 4.78 is 14.0. The molecule has 0 atom stereocenters. The number of hydrogen-bond donors (Lipinski definition) is 1. The van der Waals surface area contributed by atoms with Gasteiger partial charge in [0.2, 0.25) is 12.7 Å². The Morgan fingerprint density at radius 2 is 2.12 bits per heavy atom. The Kier molecular flexibility index (Phi) is 3.37. The van der Waals surface area contributed by atoms with Crippen LogP contribution < -0.4 is 14.8 Å². The molecule has 0 bridgehead atoms. The van der Waals surface area contributed by atoms with E-state index >= 15 is 0 Å². The van der Waals surface area contributed by atoms with E-state index in [0.717, 1.165) is 28.0 Å². The first-order chi connectivity index (χ1) is 11.6. The van der Waals surface area contributed by atoms with Gasteiger partial charge in [-0.1, -0.05) is 6.07 Å². The number of rotatable bonds is 4. The number of carbonyl (C=O) groups is 1. The van der Waals surface area contributed by atoms with Gasteiger partial charge >= 0.3 is 0 Å². The Bertz CT molecular complexity index is 893. The lowest BCUT2D eigenvalue weighted by Crippen LogP contribution is -2.27. The Balaban J connectivity index is 1.40. The van der Waals surface area contributed by atoms with Crippen molar-refractivity contribution in [1.82, 2.24) is 24.9 Å².